The number of nitrogens with two attached hydrogens (primary N) is 1. The van der Waals surface area contributed by atoms with Gasteiger partial charge in [-0.25, -0.2) is 0 Å². The fourth-order valence-corrected chi connectivity index (χ4v) is 2.21. The summed E-state index contributed by atoms with van der Waals surface area (Å²) in [6, 6.07) is 7.57. The van der Waals surface area contributed by atoms with Gasteiger partial charge in [0.15, 0.2) is 0 Å². The Morgan fingerprint density at radius 3 is 3.00 bits per heavy atom. The van der Waals surface area contributed by atoms with Gasteiger partial charge in [0.25, 0.3) is 0 Å². The molecule has 1 saturated heterocycles. The number of benzene rings is 1. The van der Waals surface area contributed by atoms with Crippen molar-refractivity contribution < 1.29 is 9.53 Å². The van der Waals surface area contributed by atoms with Crippen molar-refractivity contribution in [2.45, 2.75) is 31.9 Å². The van der Waals surface area contributed by atoms with Gasteiger partial charge in [-0.05, 0) is 30.9 Å². The first kappa shape index (κ1) is 14.0. The van der Waals surface area contributed by atoms with Crippen LogP contribution in [0.1, 0.15) is 30.4 Å². The summed E-state index contributed by atoms with van der Waals surface area (Å²) in [7, 11) is 0. The van der Waals surface area contributed by atoms with Gasteiger partial charge in [-0.15, -0.1) is 0 Å². The summed E-state index contributed by atoms with van der Waals surface area (Å²) in [5.74, 6) is -0.0413. The van der Waals surface area contributed by atoms with E-state index in [2.05, 4.69) is 5.32 Å². The smallest absolute Gasteiger partial charge is 0.249 e. The number of carbonyl (C=O) groups excluding carboxylic acids is 1. The molecule has 0 saturated carbocycles. The molecule has 2 rings (SSSR count). The van der Waals surface area contributed by atoms with Crippen molar-refractivity contribution in [2.24, 2.45) is 5.73 Å². The third-order valence-electron chi connectivity index (χ3n) is 3.15. The average molecular weight is 278 g/mol. The molecule has 1 unspecified atom stereocenters. The van der Waals surface area contributed by atoms with E-state index in [1.807, 2.05) is 24.3 Å². The summed E-state index contributed by atoms with van der Waals surface area (Å²) in [4.78, 5) is 12.3. The third kappa shape index (κ3) is 4.01. The fraction of sp³-hybridized carbons (Fsp3) is 0.429. The summed E-state index contributed by atoms with van der Waals surface area (Å²) in [5, 5.41) is 2.89. The normalized spacial score (nSPS) is 18.8. The van der Waals surface area contributed by atoms with E-state index in [4.69, 9.17) is 22.7 Å². The summed E-state index contributed by atoms with van der Waals surface area (Å²) >= 11 is 4.93. The molecule has 1 aliphatic heterocycles. The Labute approximate surface area is 118 Å². The second-order valence-electron chi connectivity index (χ2n) is 4.64. The number of ether oxygens (including phenoxy) is 1. The number of amides is 1. The van der Waals surface area contributed by atoms with Crippen molar-refractivity contribution in [1.29, 1.82) is 0 Å². The molecule has 102 valence electrons. The monoisotopic (exact) mass is 278 g/mol. The van der Waals surface area contributed by atoms with Crippen molar-refractivity contribution in [3.8, 4) is 0 Å². The van der Waals surface area contributed by atoms with Gasteiger partial charge in [-0.3, -0.25) is 4.79 Å². The molecule has 1 heterocycles. The van der Waals surface area contributed by atoms with Crippen molar-refractivity contribution in [3.05, 3.63) is 35.4 Å². The molecule has 1 aromatic rings. The standard InChI is InChI=1S/C14H18N2O2S/c15-13(19)11-5-3-4-10(8-11)9-16-14(17)12-6-1-2-7-18-12/h3-5,8,12H,1-2,6-7,9H2,(H2,15,19)(H,16,17). The first-order valence-electron chi connectivity index (χ1n) is 6.45. The number of rotatable bonds is 4. The van der Waals surface area contributed by atoms with Crippen LogP contribution in [0.5, 0.6) is 0 Å². The molecule has 0 radical (unpaired) electrons. The van der Waals surface area contributed by atoms with E-state index in [9.17, 15) is 4.79 Å². The van der Waals surface area contributed by atoms with Gasteiger partial charge in [0.1, 0.15) is 11.1 Å². The number of hydrogen-bond acceptors (Lipinski definition) is 3. The minimum absolute atomic E-state index is 0.0413. The van der Waals surface area contributed by atoms with E-state index < -0.39 is 0 Å². The van der Waals surface area contributed by atoms with Crippen LogP contribution in [0, 0.1) is 0 Å². The molecule has 1 atom stereocenters. The maximum atomic E-state index is 11.9. The van der Waals surface area contributed by atoms with E-state index in [1.54, 1.807) is 0 Å². The molecule has 5 heteroatoms. The van der Waals surface area contributed by atoms with E-state index in [-0.39, 0.29) is 12.0 Å². The van der Waals surface area contributed by atoms with Crippen molar-refractivity contribution in [2.75, 3.05) is 6.61 Å². The van der Waals surface area contributed by atoms with Crippen LogP contribution in [0.25, 0.3) is 0 Å². The molecular weight excluding hydrogens is 260 g/mol. The summed E-state index contributed by atoms with van der Waals surface area (Å²) in [5.41, 5.74) is 7.38. The molecule has 0 bridgehead atoms. The Bertz CT molecular complexity index is 470. The van der Waals surface area contributed by atoms with Crippen LogP contribution in [0.2, 0.25) is 0 Å². The zero-order valence-corrected chi connectivity index (χ0v) is 11.5. The van der Waals surface area contributed by atoms with Crippen LogP contribution in [0.15, 0.2) is 24.3 Å². The SMILES string of the molecule is NC(=S)c1cccc(CNC(=O)C2CCCCO2)c1. The zero-order chi connectivity index (χ0) is 13.7. The molecule has 4 nitrogen and oxygen atoms in total. The van der Waals surface area contributed by atoms with E-state index >= 15 is 0 Å². The Balaban J connectivity index is 1.89. The van der Waals surface area contributed by atoms with Gasteiger partial charge >= 0.3 is 0 Å². The number of carbonyl (C=O) groups is 1. The maximum absolute atomic E-state index is 11.9. The van der Waals surface area contributed by atoms with E-state index in [1.165, 1.54) is 0 Å². The van der Waals surface area contributed by atoms with Crippen LogP contribution in [0.3, 0.4) is 0 Å². The lowest BCUT2D eigenvalue weighted by molar-refractivity contribution is -0.135. The second kappa shape index (κ2) is 6.63. The number of hydrogen-bond donors (Lipinski definition) is 2. The second-order valence-corrected chi connectivity index (χ2v) is 5.08. The van der Waals surface area contributed by atoms with Crippen molar-refractivity contribution in [1.82, 2.24) is 5.32 Å². The first-order chi connectivity index (χ1) is 9.16. The minimum Gasteiger partial charge on any atom is -0.389 e. The van der Waals surface area contributed by atoms with Crippen molar-refractivity contribution in [3.63, 3.8) is 0 Å². The van der Waals surface area contributed by atoms with Gasteiger partial charge in [0.2, 0.25) is 5.91 Å². The lowest BCUT2D eigenvalue weighted by Gasteiger charge is -2.21. The maximum Gasteiger partial charge on any atom is 0.249 e. The summed E-state index contributed by atoms with van der Waals surface area (Å²) in [6.07, 6.45) is 2.60. The highest BCUT2D eigenvalue weighted by atomic mass is 32.1. The molecule has 0 aliphatic carbocycles. The summed E-state index contributed by atoms with van der Waals surface area (Å²) < 4.78 is 5.44. The topological polar surface area (TPSA) is 64.3 Å². The minimum atomic E-state index is -0.299. The molecule has 1 aliphatic rings. The molecular formula is C14H18N2O2S. The van der Waals surface area contributed by atoms with Gasteiger partial charge in [0, 0.05) is 18.7 Å². The van der Waals surface area contributed by atoms with Crippen LogP contribution in [-0.2, 0) is 16.1 Å². The quantitative estimate of drug-likeness (QED) is 0.819. The number of thiocarbonyl (C=S) groups is 1. The average Bonchev–Trinajstić information content (AvgIpc) is 2.46. The summed E-state index contributed by atoms with van der Waals surface area (Å²) in [6.45, 7) is 1.14. The zero-order valence-electron chi connectivity index (χ0n) is 10.7. The fourth-order valence-electron chi connectivity index (χ4n) is 2.09. The van der Waals surface area contributed by atoms with Crippen LogP contribution < -0.4 is 11.1 Å². The molecule has 1 aromatic carbocycles. The lowest BCUT2D eigenvalue weighted by atomic mass is 10.1. The lowest BCUT2D eigenvalue weighted by Crippen LogP contribution is -2.38. The van der Waals surface area contributed by atoms with E-state index in [0.29, 0.717) is 18.1 Å². The number of nitrogens with one attached hydrogen (secondary N) is 1. The first-order valence-corrected chi connectivity index (χ1v) is 6.85. The van der Waals surface area contributed by atoms with Gasteiger partial charge < -0.3 is 15.8 Å². The predicted octanol–water partition coefficient (Wildman–Crippen LogP) is 1.51. The Kier molecular flexibility index (Phi) is 4.87. The molecule has 0 aromatic heterocycles. The highest BCUT2D eigenvalue weighted by Gasteiger charge is 2.21. The van der Waals surface area contributed by atoms with E-state index in [0.717, 1.165) is 30.4 Å². The highest BCUT2D eigenvalue weighted by Crippen LogP contribution is 2.13. The van der Waals surface area contributed by atoms with Gasteiger partial charge in [-0.1, -0.05) is 30.4 Å². The van der Waals surface area contributed by atoms with Crippen LogP contribution in [0.4, 0.5) is 0 Å². The van der Waals surface area contributed by atoms with Gasteiger partial charge in [-0.2, -0.15) is 0 Å². The molecule has 1 fully saturated rings. The van der Waals surface area contributed by atoms with Crippen molar-refractivity contribution >= 4 is 23.1 Å². The highest BCUT2D eigenvalue weighted by molar-refractivity contribution is 7.80. The molecule has 19 heavy (non-hydrogen) atoms. The third-order valence-corrected chi connectivity index (χ3v) is 3.39. The van der Waals surface area contributed by atoms with Gasteiger partial charge in [0.05, 0.1) is 0 Å². The molecule has 1 amide bonds. The largest absolute Gasteiger partial charge is 0.389 e. The Morgan fingerprint density at radius 1 is 1.47 bits per heavy atom. The molecule has 0 spiro atoms. The van der Waals surface area contributed by atoms with Crippen LogP contribution >= 0.6 is 12.2 Å². The Hall–Kier alpha value is -1.46. The molecule has 3 N–H and O–H groups in total. The Morgan fingerprint density at radius 2 is 2.32 bits per heavy atom. The predicted molar refractivity (Wildman–Crippen MR) is 77.8 cm³/mol. The van der Waals surface area contributed by atoms with Crippen LogP contribution in [-0.4, -0.2) is 23.6 Å².